The van der Waals surface area contributed by atoms with Crippen LogP contribution in [-0.2, 0) is 4.79 Å². The molecule has 1 aliphatic carbocycles. The number of hydrogen-bond acceptors (Lipinski definition) is 4. The Morgan fingerprint density at radius 2 is 1.59 bits per heavy atom. The van der Waals surface area contributed by atoms with Crippen molar-refractivity contribution < 1.29 is 18.8 Å². The van der Waals surface area contributed by atoms with Gasteiger partial charge in [-0.15, -0.1) is 0 Å². The molecule has 1 fully saturated rings. The average Bonchev–Trinajstić information content (AvgIpc) is 3.26. The van der Waals surface area contributed by atoms with Gasteiger partial charge in [-0.1, -0.05) is 66.7 Å². The number of benzene rings is 3. The molecular weight excluding hydrogens is 429 g/mol. The Balaban J connectivity index is 1.71. The zero-order valence-electron chi connectivity index (χ0n) is 18.8. The zero-order chi connectivity index (χ0) is 23.8. The minimum Gasteiger partial charge on any atom is -0.352 e. The van der Waals surface area contributed by atoms with Crippen LogP contribution in [0.15, 0.2) is 72.8 Å². The number of nitrogens with zero attached hydrogens (tertiary/aromatic N) is 1. The van der Waals surface area contributed by atoms with Crippen molar-refractivity contribution in [3.8, 4) is 0 Å². The van der Waals surface area contributed by atoms with Gasteiger partial charge in [-0.3, -0.25) is 14.4 Å². The average molecular weight is 451 g/mol. The first-order valence-corrected chi connectivity index (χ1v) is 11.4. The molecular formula is C29H22FNO3. The van der Waals surface area contributed by atoms with Crippen LogP contribution in [0.4, 0.5) is 10.1 Å². The van der Waals surface area contributed by atoms with E-state index >= 15 is 4.39 Å². The van der Waals surface area contributed by atoms with Crippen LogP contribution in [0.5, 0.6) is 0 Å². The summed E-state index contributed by atoms with van der Waals surface area (Å²) >= 11 is 0. The third-order valence-electron chi connectivity index (χ3n) is 7.62. The summed E-state index contributed by atoms with van der Waals surface area (Å²) in [5.74, 6) is -2.40. The zero-order valence-corrected chi connectivity index (χ0v) is 18.8. The van der Waals surface area contributed by atoms with Gasteiger partial charge in [-0.05, 0) is 42.7 Å². The number of carbonyl (C=O) groups excluding carboxylic acids is 3. The van der Waals surface area contributed by atoms with E-state index in [0.29, 0.717) is 11.1 Å². The van der Waals surface area contributed by atoms with Crippen LogP contribution in [0, 0.1) is 18.2 Å². The second-order valence-corrected chi connectivity index (χ2v) is 9.40. The number of rotatable bonds is 2. The molecule has 2 aliphatic heterocycles. The quantitative estimate of drug-likeness (QED) is 0.506. The van der Waals surface area contributed by atoms with Crippen molar-refractivity contribution in [3.63, 3.8) is 0 Å². The molecule has 6 rings (SSSR count). The number of hydrogen-bond donors (Lipinski definition) is 0. The van der Waals surface area contributed by atoms with Crippen LogP contribution in [0.2, 0.25) is 0 Å². The molecule has 0 radical (unpaired) electrons. The lowest BCUT2D eigenvalue weighted by Gasteiger charge is -2.37. The van der Waals surface area contributed by atoms with E-state index < -0.39 is 29.2 Å². The van der Waals surface area contributed by atoms with E-state index in [1.807, 2.05) is 42.2 Å². The second-order valence-electron chi connectivity index (χ2n) is 9.40. The number of fused-ring (bicyclic) bond motifs is 5. The predicted octanol–water partition coefficient (Wildman–Crippen LogP) is 5.16. The van der Waals surface area contributed by atoms with E-state index in [4.69, 9.17) is 0 Å². The van der Waals surface area contributed by atoms with Gasteiger partial charge in [0.1, 0.15) is 11.2 Å². The highest BCUT2D eigenvalue weighted by molar-refractivity contribution is 6.32. The Morgan fingerprint density at radius 1 is 0.941 bits per heavy atom. The number of ketones is 3. The molecule has 0 unspecified atom stereocenters. The largest absolute Gasteiger partial charge is 0.352 e. The third-order valence-corrected chi connectivity index (χ3v) is 7.62. The fraction of sp³-hybridized carbons (Fsp3) is 0.207. The summed E-state index contributed by atoms with van der Waals surface area (Å²) in [6.45, 7) is 3.41. The normalized spacial score (nSPS) is 23.7. The van der Waals surface area contributed by atoms with Gasteiger partial charge in [0.25, 0.3) is 0 Å². The fourth-order valence-corrected chi connectivity index (χ4v) is 6.30. The minimum absolute atomic E-state index is 0.213. The van der Waals surface area contributed by atoms with Crippen LogP contribution in [0.3, 0.4) is 0 Å². The Morgan fingerprint density at radius 3 is 2.24 bits per heavy atom. The van der Waals surface area contributed by atoms with Crippen molar-refractivity contribution in [2.75, 3.05) is 4.90 Å². The first kappa shape index (κ1) is 20.7. The van der Waals surface area contributed by atoms with E-state index in [2.05, 4.69) is 0 Å². The van der Waals surface area contributed by atoms with E-state index in [0.717, 1.165) is 16.8 Å². The van der Waals surface area contributed by atoms with Gasteiger partial charge in [0.15, 0.2) is 17.3 Å². The summed E-state index contributed by atoms with van der Waals surface area (Å²) in [5.41, 5.74) is 1.92. The SMILES string of the molecule is CC(=O)[C@H]1[C@H](c2ccccc2F)C2(C(=O)c3ccccc3C2=O)[C@@H]2C=Cc3ccc(C)cc3N21. The van der Waals surface area contributed by atoms with E-state index in [9.17, 15) is 14.4 Å². The van der Waals surface area contributed by atoms with E-state index in [-0.39, 0.29) is 22.9 Å². The van der Waals surface area contributed by atoms with Gasteiger partial charge in [-0.2, -0.15) is 0 Å². The van der Waals surface area contributed by atoms with Gasteiger partial charge >= 0.3 is 0 Å². The maximum absolute atomic E-state index is 15.4. The van der Waals surface area contributed by atoms with Crippen molar-refractivity contribution in [1.82, 2.24) is 0 Å². The molecule has 168 valence electrons. The standard InChI is InChI=1S/C29H22FNO3/c1-16-11-12-18-13-14-24-29(27(33)19-7-3-4-8-20(19)28(29)34)25(21-9-5-6-10-22(21)30)26(17(2)32)31(24)23(18)15-16/h3-15,24-26H,1-2H3/t24-,25-,26-/m0/s1. The van der Waals surface area contributed by atoms with Crippen molar-refractivity contribution in [2.24, 2.45) is 5.41 Å². The molecule has 1 saturated heterocycles. The second kappa shape index (κ2) is 7.07. The van der Waals surface area contributed by atoms with Crippen molar-refractivity contribution in [3.05, 3.63) is 106 Å². The van der Waals surface area contributed by atoms with Gasteiger partial charge < -0.3 is 4.90 Å². The molecule has 2 heterocycles. The number of carbonyl (C=O) groups is 3. The van der Waals surface area contributed by atoms with Crippen LogP contribution < -0.4 is 4.90 Å². The van der Waals surface area contributed by atoms with E-state index in [1.165, 1.54) is 13.0 Å². The molecule has 0 N–H and O–H groups in total. The fourth-order valence-electron chi connectivity index (χ4n) is 6.30. The summed E-state index contributed by atoms with van der Waals surface area (Å²) < 4.78 is 15.4. The summed E-state index contributed by atoms with van der Waals surface area (Å²) in [6, 6.07) is 17.3. The molecule has 3 atom stereocenters. The highest BCUT2D eigenvalue weighted by atomic mass is 19.1. The summed E-state index contributed by atoms with van der Waals surface area (Å²) in [5, 5.41) is 0. The van der Waals surface area contributed by atoms with Crippen molar-refractivity contribution >= 4 is 29.1 Å². The maximum atomic E-state index is 15.4. The lowest BCUT2D eigenvalue weighted by atomic mass is 9.64. The molecule has 0 aromatic heterocycles. The molecule has 5 heteroatoms. The first-order chi connectivity index (χ1) is 16.4. The molecule has 0 bridgehead atoms. The van der Waals surface area contributed by atoms with Crippen LogP contribution in [0.1, 0.15) is 50.2 Å². The molecule has 0 amide bonds. The van der Waals surface area contributed by atoms with Gasteiger partial charge in [0, 0.05) is 22.7 Å². The van der Waals surface area contributed by atoms with E-state index in [1.54, 1.807) is 42.5 Å². The first-order valence-electron chi connectivity index (χ1n) is 11.4. The lowest BCUT2D eigenvalue weighted by molar-refractivity contribution is -0.118. The molecule has 4 nitrogen and oxygen atoms in total. The Hall–Kier alpha value is -3.86. The van der Waals surface area contributed by atoms with Gasteiger partial charge in [0.05, 0.1) is 12.1 Å². The number of Topliss-reactive ketones (excluding diaryl/α,β-unsaturated/α-hetero) is 3. The van der Waals surface area contributed by atoms with Crippen LogP contribution >= 0.6 is 0 Å². The van der Waals surface area contributed by atoms with Crippen LogP contribution in [0.25, 0.3) is 6.08 Å². The monoisotopic (exact) mass is 451 g/mol. The molecule has 0 saturated carbocycles. The summed E-state index contributed by atoms with van der Waals surface area (Å²) in [4.78, 5) is 43.6. The molecule has 3 aromatic carbocycles. The Bertz CT molecular complexity index is 1400. The maximum Gasteiger partial charge on any atom is 0.180 e. The summed E-state index contributed by atoms with van der Waals surface area (Å²) in [6.07, 6.45) is 3.75. The molecule has 3 aromatic rings. The lowest BCUT2D eigenvalue weighted by Crippen LogP contribution is -2.48. The summed E-state index contributed by atoms with van der Waals surface area (Å²) in [7, 11) is 0. The minimum atomic E-state index is -1.64. The van der Waals surface area contributed by atoms with Crippen LogP contribution in [-0.4, -0.2) is 29.4 Å². The highest BCUT2D eigenvalue weighted by Gasteiger charge is 2.71. The van der Waals surface area contributed by atoms with Gasteiger partial charge in [0.2, 0.25) is 0 Å². The van der Waals surface area contributed by atoms with Crippen molar-refractivity contribution in [1.29, 1.82) is 0 Å². The number of anilines is 1. The molecule has 34 heavy (non-hydrogen) atoms. The van der Waals surface area contributed by atoms with Crippen molar-refractivity contribution in [2.45, 2.75) is 31.8 Å². The number of halogens is 1. The van der Waals surface area contributed by atoms with Gasteiger partial charge in [-0.25, -0.2) is 4.39 Å². The smallest absolute Gasteiger partial charge is 0.180 e. The number of aryl methyl sites for hydroxylation is 1. The third kappa shape index (κ3) is 2.44. The highest BCUT2D eigenvalue weighted by Crippen LogP contribution is 2.60. The predicted molar refractivity (Wildman–Crippen MR) is 128 cm³/mol. The Labute approximate surface area is 196 Å². The molecule has 1 spiro atoms. The molecule has 3 aliphatic rings. The Kier molecular flexibility index (Phi) is 4.31. The topological polar surface area (TPSA) is 54.5 Å².